The molecular weight excluding hydrogens is 112 g/mol. The van der Waals surface area contributed by atoms with Gasteiger partial charge in [-0.15, -0.1) is 0 Å². The number of aliphatic imine (C=N–C) groups is 1. The number of hydrogen-bond donors (Lipinski definition) is 1. The first-order chi connectivity index (χ1) is 4.47. The van der Waals surface area contributed by atoms with E-state index in [4.69, 9.17) is 0 Å². The van der Waals surface area contributed by atoms with Gasteiger partial charge in [0.2, 0.25) is 11.4 Å². The van der Waals surface area contributed by atoms with Crippen molar-refractivity contribution in [2.45, 2.75) is 0 Å². The molecule has 2 heteroatoms. The Hall–Kier alpha value is -1.40. The minimum absolute atomic E-state index is 0.970. The summed E-state index contributed by atoms with van der Waals surface area (Å²) in [6.07, 6.45) is 2.66. The van der Waals surface area contributed by atoms with Gasteiger partial charge in [-0.3, -0.25) is 0 Å². The zero-order valence-corrected chi connectivity index (χ0v) is 4.76. The molecule has 42 valence electrons. The van der Waals surface area contributed by atoms with Crippen LogP contribution in [0.15, 0.2) is 29.3 Å². The Labute approximate surface area is 53.2 Å². The van der Waals surface area contributed by atoms with Gasteiger partial charge in [0, 0.05) is 12.1 Å². The van der Waals surface area contributed by atoms with Gasteiger partial charge in [0.05, 0.1) is 0 Å². The van der Waals surface area contributed by atoms with Crippen LogP contribution in [0.5, 0.6) is 0 Å². The molecule has 0 aromatic heterocycles. The van der Waals surface area contributed by atoms with Crippen molar-refractivity contribution in [1.29, 1.82) is 0 Å². The van der Waals surface area contributed by atoms with Gasteiger partial charge in [-0.2, -0.15) is 5.32 Å². The molecule has 1 heterocycles. The molecule has 1 aliphatic rings. The molecular formula is C7H5N2+. The molecule has 0 amide bonds. The molecule has 0 radical (unpaired) electrons. The molecule has 2 nitrogen and oxygen atoms in total. The molecule has 0 saturated carbocycles. The predicted molar refractivity (Wildman–Crippen MR) is 37.2 cm³/mol. The molecule has 1 aromatic carbocycles. The van der Waals surface area contributed by atoms with E-state index in [1.165, 1.54) is 0 Å². The number of fused-ring (bicyclic) bond motifs is 1. The molecule has 1 aliphatic heterocycles. The van der Waals surface area contributed by atoms with E-state index in [9.17, 15) is 0 Å². The van der Waals surface area contributed by atoms with Crippen LogP contribution < -0.4 is 5.32 Å². The molecule has 0 bridgehead atoms. The summed E-state index contributed by atoms with van der Waals surface area (Å²) >= 11 is 0. The summed E-state index contributed by atoms with van der Waals surface area (Å²) in [5, 5.41) is 2.88. The highest BCUT2D eigenvalue weighted by atomic mass is 15.0. The van der Waals surface area contributed by atoms with Gasteiger partial charge >= 0.3 is 0 Å². The summed E-state index contributed by atoms with van der Waals surface area (Å²) < 4.78 is 0. The first kappa shape index (κ1) is 4.48. The van der Waals surface area contributed by atoms with Crippen molar-refractivity contribution in [3.8, 4) is 0 Å². The highest BCUT2D eigenvalue weighted by Crippen LogP contribution is 2.26. The van der Waals surface area contributed by atoms with Crippen LogP contribution in [0.4, 0.5) is 11.4 Å². The van der Waals surface area contributed by atoms with Gasteiger partial charge < -0.3 is 0 Å². The first-order valence-corrected chi connectivity index (χ1v) is 2.77. The third kappa shape index (κ3) is 0.574. The van der Waals surface area contributed by atoms with E-state index < -0.39 is 0 Å². The third-order valence-corrected chi connectivity index (χ3v) is 1.27. The summed E-state index contributed by atoms with van der Waals surface area (Å²) in [7, 11) is 0. The maximum absolute atomic E-state index is 3.94. The number of anilines is 1. The van der Waals surface area contributed by atoms with Gasteiger partial charge in [0.1, 0.15) is 0 Å². The van der Waals surface area contributed by atoms with E-state index in [0.29, 0.717) is 0 Å². The quantitative estimate of drug-likeness (QED) is 0.513. The van der Waals surface area contributed by atoms with Gasteiger partial charge in [-0.05, 0) is 17.1 Å². The SMILES string of the molecule is [C+]1=Nc2ccccc2N1. The Morgan fingerprint density at radius 2 is 2.22 bits per heavy atom. The molecule has 0 unspecified atom stereocenters. The standard InChI is InChI=1S/C7H5N2/c1-2-4-7-6(3-1)8-5-9-7/h1-4H,(H,8,9)/q+1. The lowest BCUT2D eigenvalue weighted by Crippen LogP contribution is -1.84. The Morgan fingerprint density at radius 3 is 3.11 bits per heavy atom. The average Bonchev–Trinajstić information content (AvgIpc) is 2.33. The average molecular weight is 117 g/mol. The van der Waals surface area contributed by atoms with Gasteiger partial charge in [-0.25, -0.2) is 0 Å². The lowest BCUT2D eigenvalue weighted by molar-refractivity contribution is 1.59. The minimum Gasteiger partial charge on any atom is -0.178 e. The summed E-state index contributed by atoms with van der Waals surface area (Å²) in [5.74, 6) is 0. The lowest BCUT2D eigenvalue weighted by Gasteiger charge is -1.80. The van der Waals surface area contributed by atoms with Crippen molar-refractivity contribution in [1.82, 2.24) is 0 Å². The Kier molecular flexibility index (Phi) is 0.765. The molecule has 0 saturated heterocycles. The zero-order valence-electron chi connectivity index (χ0n) is 4.76. The second-order valence-electron chi connectivity index (χ2n) is 1.87. The minimum atomic E-state index is 0.970. The molecule has 2 rings (SSSR count). The summed E-state index contributed by atoms with van der Waals surface area (Å²) in [4.78, 5) is 3.94. The Bertz CT molecular complexity index is 253. The lowest BCUT2D eigenvalue weighted by atomic mass is 10.3. The molecule has 1 N–H and O–H groups in total. The fourth-order valence-corrected chi connectivity index (χ4v) is 0.825. The van der Waals surface area contributed by atoms with Crippen molar-refractivity contribution >= 4 is 17.7 Å². The number of benzene rings is 1. The number of para-hydroxylation sites is 2. The van der Waals surface area contributed by atoms with Crippen LogP contribution in [-0.4, -0.2) is 6.34 Å². The van der Waals surface area contributed by atoms with E-state index in [0.717, 1.165) is 11.4 Å². The van der Waals surface area contributed by atoms with E-state index in [2.05, 4.69) is 16.6 Å². The molecule has 9 heavy (non-hydrogen) atoms. The van der Waals surface area contributed by atoms with Gasteiger partial charge in [0.15, 0.2) is 0 Å². The Balaban J connectivity index is 2.63. The largest absolute Gasteiger partial charge is 0.254 e. The van der Waals surface area contributed by atoms with E-state index >= 15 is 0 Å². The highest BCUT2D eigenvalue weighted by Gasteiger charge is 2.15. The van der Waals surface area contributed by atoms with Crippen LogP contribution in [0.2, 0.25) is 0 Å². The van der Waals surface area contributed by atoms with Crippen LogP contribution in [0.25, 0.3) is 0 Å². The summed E-state index contributed by atoms with van der Waals surface area (Å²) in [5.41, 5.74) is 2.01. The van der Waals surface area contributed by atoms with E-state index in [1.807, 2.05) is 24.3 Å². The van der Waals surface area contributed by atoms with Crippen LogP contribution in [0.1, 0.15) is 0 Å². The molecule has 0 atom stereocenters. The second kappa shape index (κ2) is 1.54. The maximum atomic E-state index is 3.94. The maximum Gasteiger partial charge on any atom is 0.254 e. The van der Waals surface area contributed by atoms with Crippen molar-refractivity contribution in [3.05, 3.63) is 24.3 Å². The summed E-state index contributed by atoms with van der Waals surface area (Å²) in [6, 6.07) is 7.84. The topological polar surface area (TPSA) is 24.4 Å². The number of rotatable bonds is 0. The van der Waals surface area contributed by atoms with E-state index in [-0.39, 0.29) is 0 Å². The van der Waals surface area contributed by atoms with Crippen LogP contribution in [0.3, 0.4) is 0 Å². The molecule has 0 fully saturated rings. The van der Waals surface area contributed by atoms with Gasteiger partial charge in [0.25, 0.3) is 6.34 Å². The van der Waals surface area contributed by atoms with Crippen LogP contribution >= 0.6 is 0 Å². The van der Waals surface area contributed by atoms with Crippen LogP contribution in [-0.2, 0) is 0 Å². The predicted octanol–water partition coefficient (Wildman–Crippen LogP) is 1.65. The van der Waals surface area contributed by atoms with Crippen molar-refractivity contribution in [2.24, 2.45) is 4.99 Å². The third-order valence-electron chi connectivity index (χ3n) is 1.27. The molecule has 0 spiro atoms. The normalized spacial score (nSPS) is 12.0. The fraction of sp³-hybridized carbons (Fsp3) is 0. The zero-order chi connectivity index (χ0) is 6.10. The number of nitrogens with one attached hydrogen (secondary N) is 1. The molecule has 1 aromatic rings. The smallest absolute Gasteiger partial charge is 0.178 e. The van der Waals surface area contributed by atoms with Crippen molar-refractivity contribution in [3.63, 3.8) is 0 Å². The van der Waals surface area contributed by atoms with Gasteiger partial charge in [-0.1, -0.05) is 0 Å². The fourth-order valence-electron chi connectivity index (χ4n) is 0.825. The highest BCUT2D eigenvalue weighted by molar-refractivity contribution is 5.90. The van der Waals surface area contributed by atoms with Crippen molar-refractivity contribution in [2.75, 3.05) is 5.32 Å². The molecule has 0 aliphatic carbocycles. The number of nitrogens with zero attached hydrogens (tertiary/aromatic N) is 1. The summed E-state index contributed by atoms with van der Waals surface area (Å²) in [6.45, 7) is 0. The number of hydrogen-bond acceptors (Lipinski definition) is 2. The van der Waals surface area contributed by atoms with Crippen molar-refractivity contribution < 1.29 is 0 Å². The first-order valence-electron chi connectivity index (χ1n) is 2.77. The van der Waals surface area contributed by atoms with E-state index in [1.54, 1.807) is 0 Å². The van der Waals surface area contributed by atoms with Crippen LogP contribution in [0, 0.1) is 0 Å². The monoisotopic (exact) mass is 117 g/mol. The Morgan fingerprint density at radius 1 is 1.33 bits per heavy atom. The second-order valence-corrected chi connectivity index (χ2v) is 1.87.